The zero-order valence-electron chi connectivity index (χ0n) is 18.4. The molecule has 2 aromatic rings. The molecule has 1 unspecified atom stereocenters. The molecule has 10 nitrogen and oxygen atoms in total. The van der Waals surface area contributed by atoms with Gasteiger partial charge in [-0.2, -0.15) is 0 Å². The number of amides is 2. The molecule has 0 aromatic heterocycles. The number of benzene rings is 2. The third-order valence-corrected chi connectivity index (χ3v) is 5.97. The lowest BCUT2D eigenvalue weighted by Crippen LogP contribution is -2.46. The molecule has 1 N–H and O–H groups in total. The molecule has 2 amide bonds. The minimum Gasteiger partial charge on any atom is -0.497 e. The molecule has 1 atom stereocenters. The second-order valence-corrected chi connectivity index (χ2v) is 8.01. The zero-order chi connectivity index (χ0) is 23.4. The van der Waals surface area contributed by atoms with Crippen LogP contribution in [0, 0.1) is 10.1 Å². The van der Waals surface area contributed by atoms with Gasteiger partial charge in [-0.3, -0.25) is 29.5 Å². The van der Waals surface area contributed by atoms with E-state index >= 15 is 0 Å². The van der Waals surface area contributed by atoms with Crippen LogP contribution in [0.5, 0.6) is 11.5 Å². The van der Waals surface area contributed by atoms with Crippen molar-refractivity contribution in [2.75, 3.05) is 44.8 Å². The Hall–Kier alpha value is -3.66. The van der Waals surface area contributed by atoms with Crippen LogP contribution < -0.4 is 19.7 Å². The van der Waals surface area contributed by atoms with Crippen molar-refractivity contribution in [3.63, 3.8) is 0 Å². The number of nitro benzene ring substituents is 1. The van der Waals surface area contributed by atoms with E-state index in [0.717, 1.165) is 37.2 Å². The summed E-state index contributed by atoms with van der Waals surface area (Å²) >= 11 is 0. The number of carbonyl (C=O) groups excluding carboxylic acids is 2. The topological polar surface area (TPSA) is 114 Å². The third kappa shape index (κ3) is 5.06. The summed E-state index contributed by atoms with van der Waals surface area (Å²) < 4.78 is 10.6. The Morgan fingerprint density at radius 2 is 1.94 bits per heavy atom. The zero-order valence-corrected chi connectivity index (χ0v) is 18.4. The number of rotatable bonds is 8. The molecule has 33 heavy (non-hydrogen) atoms. The molecule has 2 aromatic carbocycles. The number of methoxy groups -OCH3 is 1. The van der Waals surface area contributed by atoms with Gasteiger partial charge in [0.25, 0.3) is 11.6 Å². The number of nitrogens with one attached hydrogen (secondary N) is 1. The molecule has 2 heterocycles. The van der Waals surface area contributed by atoms with Gasteiger partial charge in [0.1, 0.15) is 18.0 Å². The second-order valence-electron chi connectivity index (χ2n) is 8.01. The lowest BCUT2D eigenvalue weighted by molar-refractivity contribution is -0.384. The van der Waals surface area contributed by atoms with E-state index in [1.54, 1.807) is 7.11 Å². The minimum absolute atomic E-state index is 0.00359. The van der Waals surface area contributed by atoms with Crippen LogP contribution >= 0.6 is 0 Å². The smallest absolute Gasteiger partial charge is 0.271 e. The summed E-state index contributed by atoms with van der Waals surface area (Å²) in [4.78, 5) is 39.4. The summed E-state index contributed by atoms with van der Waals surface area (Å²) in [7, 11) is 1.62. The van der Waals surface area contributed by atoms with Crippen molar-refractivity contribution >= 4 is 23.2 Å². The predicted octanol–water partition coefficient (Wildman–Crippen LogP) is 2.28. The summed E-state index contributed by atoms with van der Waals surface area (Å²) in [5, 5.41) is 14.1. The van der Waals surface area contributed by atoms with Gasteiger partial charge in [0.15, 0.2) is 6.61 Å². The van der Waals surface area contributed by atoms with Gasteiger partial charge in [0.2, 0.25) is 5.91 Å². The largest absolute Gasteiger partial charge is 0.497 e. The highest BCUT2D eigenvalue weighted by Gasteiger charge is 2.30. The van der Waals surface area contributed by atoms with Gasteiger partial charge in [-0.15, -0.1) is 0 Å². The average Bonchev–Trinajstić information content (AvgIpc) is 3.35. The van der Waals surface area contributed by atoms with E-state index in [0.29, 0.717) is 12.3 Å². The van der Waals surface area contributed by atoms with Crippen LogP contribution in [0.2, 0.25) is 0 Å². The number of carbonyl (C=O) groups is 2. The predicted molar refractivity (Wildman–Crippen MR) is 120 cm³/mol. The number of hydrogen-bond acceptors (Lipinski definition) is 7. The van der Waals surface area contributed by atoms with Gasteiger partial charge in [0.05, 0.1) is 23.8 Å². The van der Waals surface area contributed by atoms with Gasteiger partial charge in [0, 0.05) is 18.7 Å². The third-order valence-electron chi connectivity index (χ3n) is 5.97. The molecule has 0 bridgehead atoms. The number of hydrogen-bond donors (Lipinski definition) is 1. The van der Waals surface area contributed by atoms with Crippen LogP contribution in [0.15, 0.2) is 42.5 Å². The number of fused-ring (bicyclic) bond motifs is 1. The Balaban J connectivity index is 1.46. The lowest BCUT2D eigenvalue weighted by atomic mass is 10.1. The molecule has 1 fully saturated rings. The molecule has 0 spiro atoms. The molecule has 4 rings (SSSR count). The Morgan fingerprint density at radius 1 is 1.21 bits per heavy atom. The highest BCUT2D eigenvalue weighted by Crippen LogP contribution is 2.35. The number of likely N-dealkylation sites (tertiary alicyclic amines) is 1. The number of ether oxygens (including phenoxy) is 2. The van der Waals surface area contributed by atoms with Crippen LogP contribution in [0.25, 0.3) is 0 Å². The van der Waals surface area contributed by atoms with E-state index in [9.17, 15) is 19.7 Å². The molecule has 0 radical (unpaired) electrons. The molecule has 0 saturated carbocycles. The summed E-state index contributed by atoms with van der Waals surface area (Å²) in [6.45, 7) is 1.81. The van der Waals surface area contributed by atoms with Gasteiger partial charge in [-0.25, -0.2) is 0 Å². The molecule has 10 heteroatoms. The van der Waals surface area contributed by atoms with Crippen molar-refractivity contribution in [3.05, 3.63) is 58.1 Å². The van der Waals surface area contributed by atoms with Gasteiger partial charge in [-0.05, 0) is 49.7 Å². The normalized spacial score (nSPS) is 16.6. The molecule has 174 valence electrons. The first-order valence-corrected chi connectivity index (χ1v) is 10.8. The van der Waals surface area contributed by atoms with Crippen LogP contribution in [0.3, 0.4) is 0 Å². The lowest BCUT2D eigenvalue weighted by Gasteiger charge is -2.30. The first-order chi connectivity index (χ1) is 16.0. The molecule has 2 aliphatic rings. The highest BCUT2D eigenvalue weighted by molar-refractivity contribution is 6.02. The van der Waals surface area contributed by atoms with Crippen molar-refractivity contribution in [1.82, 2.24) is 10.2 Å². The van der Waals surface area contributed by atoms with Crippen molar-refractivity contribution in [2.24, 2.45) is 0 Å². The number of nitro groups is 1. The van der Waals surface area contributed by atoms with Crippen molar-refractivity contribution < 1.29 is 24.0 Å². The first kappa shape index (κ1) is 22.5. The van der Waals surface area contributed by atoms with Crippen molar-refractivity contribution in [1.29, 1.82) is 0 Å². The maximum Gasteiger partial charge on any atom is 0.271 e. The van der Waals surface area contributed by atoms with Crippen molar-refractivity contribution in [2.45, 2.75) is 18.9 Å². The van der Waals surface area contributed by atoms with Gasteiger partial charge in [-0.1, -0.05) is 12.1 Å². The summed E-state index contributed by atoms with van der Waals surface area (Å²) in [5.41, 5.74) is 1.12. The Morgan fingerprint density at radius 3 is 2.61 bits per heavy atom. The standard InChI is InChI=1S/C23H26N4O6/c1-32-18-7-4-16(5-8-18)20(25-10-2-3-11-25)13-24-22(28)14-26-19-12-17(27(30)31)6-9-21(19)33-15-23(26)29/h4-9,12,20H,2-3,10-11,13-15H2,1H3,(H,24,28). The Labute approximate surface area is 191 Å². The van der Waals surface area contributed by atoms with E-state index in [-0.39, 0.29) is 36.5 Å². The van der Waals surface area contributed by atoms with E-state index in [1.807, 2.05) is 24.3 Å². The van der Waals surface area contributed by atoms with Crippen LogP contribution in [0.1, 0.15) is 24.4 Å². The van der Waals surface area contributed by atoms with E-state index in [2.05, 4.69) is 10.2 Å². The van der Waals surface area contributed by atoms with E-state index in [1.165, 1.54) is 23.1 Å². The molecule has 1 saturated heterocycles. The van der Waals surface area contributed by atoms with Gasteiger partial charge < -0.3 is 14.8 Å². The number of nitrogens with zero attached hydrogens (tertiary/aromatic N) is 3. The second kappa shape index (κ2) is 9.86. The first-order valence-electron chi connectivity index (χ1n) is 10.8. The summed E-state index contributed by atoms with van der Waals surface area (Å²) in [6, 6.07) is 11.8. The summed E-state index contributed by atoms with van der Waals surface area (Å²) in [6.07, 6.45) is 2.22. The fraction of sp³-hybridized carbons (Fsp3) is 0.391. The van der Waals surface area contributed by atoms with Gasteiger partial charge >= 0.3 is 0 Å². The van der Waals surface area contributed by atoms with Crippen LogP contribution in [-0.2, 0) is 9.59 Å². The fourth-order valence-corrected chi connectivity index (χ4v) is 4.22. The van der Waals surface area contributed by atoms with Crippen LogP contribution in [-0.4, -0.2) is 61.5 Å². The minimum atomic E-state index is -0.549. The molecular formula is C23H26N4O6. The number of anilines is 1. The maximum absolute atomic E-state index is 12.8. The highest BCUT2D eigenvalue weighted by atomic mass is 16.6. The Bertz CT molecular complexity index is 1040. The average molecular weight is 454 g/mol. The number of non-ortho nitro benzene ring substituents is 1. The summed E-state index contributed by atoms with van der Waals surface area (Å²) in [5.74, 6) is 0.326. The SMILES string of the molecule is COc1ccc(C(CNC(=O)CN2C(=O)COc3ccc([N+](=O)[O-])cc32)N2CCCC2)cc1. The Kier molecular flexibility index (Phi) is 6.74. The fourth-order valence-electron chi connectivity index (χ4n) is 4.22. The van der Waals surface area contributed by atoms with E-state index < -0.39 is 10.8 Å². The van der Waals surface area contributed by atoms with E-state index in [4.69, 9.17) is 9.47 Å². The molecular weight excluding hydrogens is 428 g/mol. The van der Waals surface area contributed by atoms with Crippen molar-refractivity contribution in [3.8, 4) is 11.5 Å². The molecule has 2 aliphatic heterocycles. The molecule has 0 aliphatic carbocycles. The van der Waals surface area contributed by atoms with Crippen LogP contribution in [0.4, 0.5) is 11.4 Å². The quantitative estimate of drug-likeness (QED) is 0.481. The maximum atomic E-state index is 12.8. The monoisotopic (exact) mass is 454 g/mol.